The fourth-order valence-corrected chi connectivity index (χ4v) is 11.0. The van der Waals surface area contributed by atoms with Crippen LogP contribution in [-0.4, -0.2) is 212 Å². The predicted molar refractivity (Wildman–Crippen MR) is 334 cm³/mol. The number of unbranched alkanes of at least 4 members (excludes halogenated alkanes) is 1. The van der Waals surface area contributed by atoms with E-state index in [1.54, 1.807) is 0 Å². The minimum Gasteiger partial charge on any atom is -0.481 e. The average molecular weight is 1220 g/mol. The first-order chi connectivity index (χ1) is 41.8. The molecule has 0 bridgehead atoms. The summed E-state index contributed by atoms with van der Waals surface area (Å²) in [6.45, 7) is 21.1. The summed E-state index contributed by atoms with van der Waals surface area (Å²) in [5.74, 6) is -1.13. The molecule has 474 valence electrons. The highest BCUT2D eigenvalue weighted by molar-refractivity contribution is 7.85. The Morgan fingerprint density at radius 3 is 1.36 bits per heavy atom. The zero-order valence-corrected chi connectivity index (χ0v) is 51.8. The van der Waals surface area contributed by atoms with Gasteiger partial charge in [0.25, 0.3) is 10.1 Å². The maximum absolute atomic E-state index is 11.5. The Bertz CT molecular complexity index is 2920. The third-order valence-corrected chi connectivity index (χ3v) is 15.3. The van der Waals surface area contributed by atoms with Crippen LogP contribution in [0.15, 0.2) is 121 Å². The fraction of sp³-hybridized carbons (Fsp3) is 0.545. The highest BCUT2D eigenvalue weighted by atomic mass is 32.2. The average Bonchev–Trinajstić information content (AvgIpc) is 1.61. The SMILES string of the molecule is CC1(C)C(/C=C/C=C/C=C/C=C2\N(CCOCCOCCOCCOCCOCCOCCOCCOCCOCCOCCOCCOCCC(=O)O)c3ccc4ccccc4c3C2(C)C)=[N+](CCCCS(=O)(=O)O)c2ccc3ccccc3c21. The van der Waals surface area contributed by atoms with Crippen LogP contribution in [0.3, 0.4) is 0 Å². The number of carboxylic acids is 1. The number of fused-ring (bicyclic) bond motifs is 6. The van der Waals surface area contributed by atoms with Crippen molar-refractivity contribution in [3.05, 3.63) is 132 Å². The third-order valence-electron chi connectivity index (χ3n) is 14.5. The van der Waals surface area contributed by atoms with Crippen molar-refractivity contribution < 1.29 is 84.3 Å². The Kier molecular flexibility index (Phi) is 31.6. The molecule has 0 fully saturated rings. The molecule has 0 aromatic heterocycles. The standard InChI is InChI=1S/C66H92N2O17S/c1-65(2)60(67(27-14-15-53-86(71,72)73)58-24-22-54-16-10-12-18-56(54)63(58)65)20-8-6-5-7-9-21-61-66(3,4)64-57-19-13-11-17-55(57)23-25-59(64)68(61)28-30-75-32-34-77-36-38-79-40-42-81-44-46-83-48-50-85-52-51-84-49-47-82-45-43-80-41-39-78-37-35-76-33-31-74-29-26-62(69)70/h5-13,16-25H,14-15,26-53H2,1-4H3,(H-,69,70,71,72,73)/p+1. The topological polar surface area (TPSA) is 209 Å². The van der Waals surface area contributed by atoms with Gasteiger partial charge in [0.2, 0.25) is 5.69 Å². The van der Waals surface area contributed by atoms with Gasteiger partial charge in [-0.05, 0) is 65.6 Å². The monoisotopic (exact) mass is 1220 g/mol. The molecule has 0 amide bonds. The molecule has 19 nitrogen and oxygen atoms in total. The summed E-state index contributed by atoms with van der Waals surface area (Å²) in [7, 11) is -4.02. The van der Waals surface area contributed by atoms with E-state index in [1.807, 2.05) is 12.2 Å². The molecule has 0 unspecified atom stereocenters. The first-order valence-electron chi connectivity index (χ1n) is 30.1. The number of rotatable bonds is 48. The largest absolute Gasteiger partial charge is 0.481 e. The van der Waals surface area contributed by atoms with Crippen LogP contribution in [0.1, 0.15) is 58.1 Å². The molecule has 86 heavy (non-hydrogen) atoms. The van der Waals surface area contributed by atoms with Crippen LogP contribution in [0.4, 0.5) is 11.4 Å². The Balaban J connectivity index is 0.791. The lowest BCUT2D eigenvalue weighted by Crippen LogP contribution is -2.29. The van der Waals surface area contributed by atoms with Crippen molar-refractivity contribution in [2.45, 2.75) is 57.8 Å². The van der Waals surface area contributed by atoms with E-state index in [4.69, 9.17) is 61.9 Å². The highest BCUT2D eigenvalue weighted by Crippen LogP contribution is 2.51. The van der Waals surface area contributed by atoms with Crippen molar-refractivity contribution in [1.82, 2.24) is 0 Å². The summed E-state index contributed by atoms with van der Waals surface area (Å²) < 4.78 is 101. The number of benzene rings is 4. The predicted octanol–water partition coefficient (Wildman–Crippen LogP) is 9.06. The van der Waals surface area contributed by atoms with Crippen molar-refractivity contribution in [3.8, 4) is 0 Å². The van der Waals surface area contributed by atoms with Crippen LogP contribution in [0.2, 0.25) is 0 Å². The minimum absolute atomic E-state index is 0.0121. The first kappa shape index (κ1) is 69.8. The van der Waals surface area contributed by atoms with Crippen molar-refractivity contribution in [3.63, 3.8) is 0 Å². The van der Waals surface area contributed by atoms with Crippen molar-refractivity contribution >= 4 is 54.7 Å². The van der Waals surface area contributed by atoms with Crippen LogP contribution >= 0.6 is 0 Å². The lowest BCUT2D eigenvalue weighted by molar-refractivity contribution is -0.438. The van der Waals surface area contributed by atoms with Gasteiger partial charge in [-0.2, -0.15) is 13.0 Å². The molecule has 0 radical (unpaired) electrons. The van der Waals surface area contributed by atoms with E-state index < -0.39 is 16.1 Å². The summed E-state index contributed by atoms with van der Waals surface area (Å²) in [6.07, 6.45) is 15.7. The number of aliphatic carboxylic acids is 1. The lowest BCUT2D eigenvalue weighted by atomic mass is 9.79. The van der Waals surface area contributed by atoms with E-state index in [9.17, 15) is 17.8 Å². The third kappa shape index (κ3) is 23.7. The second kappa shape index (κ2) is 38.9. The quantitative estimate of drug-likeness (QED) is 0.0183. The second-order valence-corrected chi connectivity index (χ2v) is 23.0. The number of ether oxygens (including phenoxy) is 12. The van der Waals surface area contributed by atoms with Gasteiger partial charge in [0.05, 0.1) is 176 Å². The molecule has 0 saturated heterocycles. The first-order valence-corrected chi connectivity index (χ1v) is 31.7. The van der Waals surface area contributed by atoms with Gasteiger partial charge < -0.3 is 66.8 Å². The van der Waals surface area contributed by atoms with Gasteiger partial charge >= 0.3 is 5.97 Å². The Morgan fingerprint density at radius 1 is 0.488 bits per heavy atom. The zero-order chi connectivity index (χ0) is 61.1. The molecule has 4 aromatic rings. The highest BCUT2D eigenvalue weighted by Gasteiger charge is 2.45. The molecule has 0 atom stereocenters. The van der Waals surface area contributed by atoms with Gasteiger partial charge in [-0.3, -0.25) is 9.35 Å². The molecule has 2 aliphatic rings. The number of nitrogens with zero attached hydrogens (tertiary/aromatic N) is 2. The number of hydrogen-bond acceptors (Lipinski definition) is 16. The molecule has 2 N–H and O–H groups in total. The van der Waals surface area contributed by atoms with Gasteiger partial charge in [0.1, 0.15) is 6.54 Å². The molecule has 0 aliphatic carbocycles. The molecule has 2 aliphatic heterocycles. The Morgan fingerprint density at radius 2 is 0.895 bits per heavy atom. The number of carbonyl (C=O) groups is 1. The number of hydrogen-bond donors (Lipinski definition) is 2. The maximum Gasteiger partial charge on any atom is 0.305 e. The van der Waals surface area contributed by atoms with Crippen LogP contribution in [0.25, 0.3) is 21.5 Å². The van der Waals surface area contributed by atoms with Gasteiger partial charge in [-0.25, -0.2) is 0 Å². The van der Waals surface area contributed by atoms with E-state index in [0.717, 1.165) is 11.4 Å². The molecule has 0 spiro atoms. The van der Waals surface area contributed by atoms with Crippen LogP contribution < -0.4 is 4.90 Å². The minimum atomic E-state index is -4.02. The number of anilines is 1. The van der Waals surface area contributed by atoms with Crippen LogP contribution in [0, 0.1) is 0 Å². The van der Waals surface area contributed by atoms with Gasteiger partial charge in [-0.15, -0.1) is 0 Å². The van der Waals surface area contributed by atoms with Crippen molar-refractivity contribution in [2.75, 3.05) is 182 Å². The maximum atomic E-state index is 11.5. The molecule has 2 heterocycles. The van der Waals surface area contributed by atoms with Gasteiger partial charge in [-0.1, -0.05) is 98.8 Å². The molecule has 20 heteroatoms. The van der Waals surface area contributed by atoms with E-state index >= 15 is 0 Å². The number of allylic oxidation sites excluding steroid dienone is 8. The zero-order valence-electron chi connectivity index (χ0n) is 51.0. The smallest absolute Gasteiger partial charge is 0.305 e. The van der Waals surface area contributed by atoms with E-state index in [2.05, 4.69) is 140 Å². The Labute approximate surface area is 509 Å². The summed E-state index contributed by atoms with van der Waals surface area (Å²) in [5, 5.41) is 13.4. The van der Waals surface area contributed by atoms with Crippen molar-refractivity contribution in [1.29, 1.82) is 0 Å². The van der Waals surface area contributed by atoms with E-state index in [-0.39, 0.29) is 29.6 Å². The van der Waals surface area contributed by atoms with Crippen LogP contribution in [-0.2, 0) is 82.6 Å². The summed E-state index contributed by atoms with van der Waals surface area (Å²) in [4.78, 5) is 12.8. The second-order valence-electron chi connectivity index (χ2n) is 21.5. The van der Waals surface area contributed by atoms with Gasteiger partial charge in [0.15, 0.2) is 5.71 Å². The molecule has 0 saturated carbocycles. The fourth-order valence-electron chi connectivity index (χ4n) is 10.4. The molecular weight excluding hydrogens is 1120 g/mol. The van der Waals surface area contributed by atoms with E-state index in [0.29, 0.717) is 178 Å². The lowest BCUT2D eigenvalue weighted by Gasteiger charge is -2.27. The van der Waals surface area contributed by atoms with E-state index in [1.165, 1.54) is 44.1 Å². The summed E-state index contributed by atoms with van der Waals surface area (Å²) in [5.41, 5.74) is 6.63. The van der Waals surface area contributed by atoms with Crippen molar-refractivity contribution in [2.24, 2.45) is 0 Å². The summed E-state index contributed by atoms with van der Waals surface area (Å²) in [6, 6.07) is 25.8. The molecule has 6 rings (SSSR count). The van der Waals surface area contributed by atoms with Gasteiger partial charge in [0, 0.05) is 47.5 Å². The normalized spacial score (nSPS) is 15.3. The number of carboxylic acid groups (broad SMARTS) is 1. The molecule has 4 aromatic carbocycles. The summed E-state index contributed by atoms with van der Waals surface area (Å²) >= 11 is 0. The molecular formula is C66H93N2O17S+. The Hall–Kier alpha value is -5.27. The van der Waals surface area contributed by atoms with Crippen LogP contribution in [0.5, 0.6) is 0 Å².